The van der Waals surface area contributed by atoms with Crippen LogP contribution in [0.25, 0.3) is 20.4 Å². The number of thioether (sulfide) groups is 1. The standard InChI is InChI=1S/C16H10FN3OS3/c17-9-5-6-11-13(7-9)23-15(18-11)20-14(21)8-22-16-19-10-3-1-2-4-12(10)24-16/h1-7H,8H2,(H,18,20,21). The SMILES string of the molecule is O=C(CSc1nc2ccccc2s1)Nc1nc2ccc(F)cc2s1. The van der Waals surface area contributed by atoms with Crippen LogP contribution < -0.4 is 5.32 Å². The minimum atomic E-state index is -0.310. The van der Waals surface area contributed by atoms with Crippen molar-refractivity contribution < 1.29 is 9.18 Å². The van der Waals surface area contributed by atoms with Crippen LogP contribution in [0.3, 0.4) is 0 Å². The van der Waals surface area contributed by atoms with E-state index in [4.69, 9.17) is 0 Å². The van der Waals surface area contributed by atoms with Crippen LogP contribution in [0, 0.1) is 5.82 Å². The maximum Gasteiger partial charge on any atom is 0.236 e. The third kappa shape index (κ3) is 3.26. The molecule has 0 fully saturated rings. The number of fused-ring (bicyclic) bond motifs is 2. The van der Waals surface area contributed by atoms with Crippen molar-refractivity contribution in [1.29, 1.82) is 0 Å². The Morgan fingerprint density at radius 3 is 2.79 bits per heavy atom. The van der Waals surface area contributed by atoms with E-state index in [1.54, 1.807) is 17.4 Å². The Bertz CT molecular complexity index is 1010. The second kappa shape index (κ2) is 6.46. The summed E-state index contributed by atoms with van der Waals surface area (Å²) < 4.78 is 15.9. The van der Waals surface area contributed by atoms with Gasteiger partial charge in [0.25, 0.3) is 0 Å². The first-order valence-electron chi connectivity index (χ1n) is 7.02. The van der Waals surface area contributed by atoms with Crippen molar-refractivity contribution in [1.82, 2.24) is 9.97 Å². The van der Waals surface area contributed by atoms with E-state index >= 15 is 0 Å². The minimum Gasteiger partial charge on any atom is -0.301 e. The molecule has 2 aromatic carbocycles. The Balaban J connectivity index is 1.42. The Kier molecular flexibility index (Phi) is 4.17. The highest BCUT2D eigenvalue weighted by Gasteiger charge is 2.11. The van der Waals surface area contributed by atoms with Crippen molar-refractivity contribution in [2.75, 3.05) is 11.1 Å². The van der Waals surface area contributed by atoms with Crippen molar-refractivity contribution in [3.63, 3.8) is 0 Å². The summed E-state index contributed by atoms with van der Waals surface area (Å²) in [4.78, 5) is 20.8. The number of rotatable bonds is 4. The fourth-order valence-electron chi connectivity index (χ4n) is 2.15. The van der Waals surface area contributed by atoms with Gasteiger partial charge in [0.15, 0.2) is 9.47 Å². The molecule has 0 saturated carbocycles. The number of carbonyl (C=O) groups is 1. The van der Waals surface area contributed by atoms with E-state index in [2.05, 4.69) is 15.3 Å². The third-order valence-corrected chi connectivity index (χ3v) is 6.31. The van der Waals surface area contributed by atoms with Gasteiger partial charge in [0, 0.05) is 0 Å². The smallest absolute Gasteiger partial charge is 0.236 e. The number of aromatic nitrogens is 2. The fourth-order valence-corrected chi connectivity index (χ4v) is 4.92. The molecule has 0 atom stereocenters. The van der Waals surface area contributed by atoms with Gasteiger partial charge in [-0.05, 0) is 30.3 Å². The van der Waals surface area contributed by atoms with Crippen LogP contribution in [0.15, 0.2) is 46.8 Å². The monoisotopic (exact) mass is 375 g/mol. The second-order valence-corrected chi connectivity index (χ2v) is 8.20. The summed E-state index contributed by atoms with van der Waals surface area (Å²) in [6.07, 6.45) is 0. The molecule has 2 heterocycles. The molecule has 1 N–H and O–H groups in total. The maximum atomic E-state index is 13.2. The number of hydrogen-bond donors (Lipinski definition) is 1. The summed E-state index contributed by atoms with van der Waals surface area (Å²) in [5.41, 5.74) is 1.62. The zero-order chi connectivity index (χ0) is 16.5. The first kappa shape index (κ1) is 15.5. The van der Waals surface area contributed by atoms with Crippen LogP contribution in [0.2, 0.25) is 0 Å². The highest BCUT2D eigenvalue weighted by molar-refractivity contribution is 8.01. The van der Waals surface area contributed by atoms with Crippen molar-refractivity contribution in [3.05, 3.63) is 48.3 Å². The number of benzene rings is 2. The molecule has 0 bridgehead atoms. The molecule has 0 aliphatic rings. The molecule has 4 rings (SSSR count). The topological polar surface area (TPSA) is 54.9 Å². The lowest BCUT2D eigenvalue weighted by Gasteiger charge is -1.99. The van der Waals surface area contributed by atoms with Crippen LogP contribution in [-0.2, 0) is 4.79 Å². The van der Waals surface area contributed by atoms with Gasteiger partial charge in [0.1, 0.15) is 5.82 Å². The lowest BCUT2D eigenvalue weighted by Crippen LogP contribution is -2.13. The molecule has 0 aliphatic carbocycles. The van der Waals surface area contributed by atoms with Crippen molar-refractivity contribution >= 4 is 65.9 Å². The molecule has 2 aromatic heterocycles. The number of thiazole rings is 2. The summed E-state index contributed by atoms with van der Waals surface area (Å²) in [5, 5.41) is 3.23. The quantitative estimate of drug-likeness (QED) is 0.522. The van der Waals surface area contributed by atoms with E-state index in [0.29, 0.717) is 15.3 Å². The van der Waals surface area contributed by atoms with Crippen molar-refractivity contribution in [2.24, 2.45) is 0 Å². The van der Waals surface area contributed by atoms with E-state index in [0.717, 1.165) is 14.6 Å². The molecule has 0 spiro atoms. The highest BCUT2D eigenvalue weighted by Crippen LogP contribution is 2.30. The van der Waals surface area contributed by atoms with Gasteiger partial charge < -0.3 is 5.32 Å². The molecule has 24 heavy (non-hydrogen) atoms. The Morgan fingerprint density at radius 1 is 1.08 bits per heavy atom. The number of nitrogens with zero attached hydrogens (tertiary/aromatic N) is 2. The number of amides is 1. The van der Waals surface area contributed by atoms with Gasteiger partial charge in [-0.1, -0.05) is 35.2 Å². The molecule has 4 nitrogen and oxygen atoms in total. The fraction of sp³-hybridized carbons (Fsp3) is 0.0625. The molecule has 0 aliphatic heterocycles. The third-order valence-electron chi connectivity index (χ3n) is 3.20. The van der Waals surface area contributed by atoms with Gasteiger partial charge in [-0.25, -0.2) is 14.4 Å². The Labute approximate surface area is 148 Å². The van der Waals surface area contributed by atoms with E-state index in [9.17, 15) is 9.18 Å². The number of hydrogen-bond acceptors (Lipinski definition) is 6. The second-order valence-electron chi connectivity index (χ2n) is 4.92. The van der Waals surface area contributed by atoms with Gasteiger partial charge >= 0.3 is 0 Å². The molecule has 0 radical (unpaired) electrons. The van der Waals surface area contributed by atoms with Crippen LogP contribution in [0.5, 0.6) is 0 Å². The van der Waals surface area contributed by atoms with Crippen molar-refractivity contribution in [2.45, 2.75) is 4.34 Å². The average molecular weight is 375 g/mol. The minimum absolute atomic E-state index is 0.154. The van der Waals surface area contributed by atoms with Crippen LogP contribution in [0.1, 0.15) is 0 Å². The summed E-state index contributed by atoms with van der Waals surface area (Å²) in [7, 11) is 0. The molecular formula is C16H10FN3OS3. The van der Waals surface area contributed by atoms with E-state index in [-0.39, 0.29) is 17.5 Å². The Morgan fingerprint density at radius 2 is 1.92 bits per heavy atom. The van der Waals surface area contributed by atoms with Crippen LogP contribution >= 0.6 is 34.4 Å². The largest absolute Gasteiger partial charge is 0.301 e. The summed E-state index contributed by atoms with van der Waals surface area (Å²) in [5.74, 6) is -0.210. The van der Waals surface area contributed by atoms with Gasteiger partial charge in [-0.2, -0.15) is 0 Å². The molecule has 1 amide bonds. The predicted octanol–water partition coefficient (Wildman–Crippen LogP) is 4.78. The number of halogens is 1. The lowest BCUT2D eigenvalue weighted by atomic mass is 10.3. The van der Waals surface area contributed by atoms with Gasteiger partial charge in [-0.15, -0.1) is 11.3 Å². The average Bonchev–Trinajstić information content (AvgIpc) is 3.15. The summed E-state index contributed by atoms with van der Waals surface area (Å²) >= 11 is 4.22. The molecule has 0 saturated heterocycles. The van der Waals surface area contributed by atoms with Gasteiger partial charge in [0.05, 0.1) is 26.2 Å². The molecule has 120 valence electrons. The molecule has 8 heteroatoms. The van der Waals surface area contributed by atoms with E-state index in [1.807, 2.05) is 24.3 Å². The highest BCUT2D eigenvalue weighted by atomic mass is 32.2. The van der Waals surface area contributed by atoms with Crippen LogP contribution in [0.4, 0.5) is 9.52 Å². The molecule has 0 unspecified atom stereocenters. The predicted molar refractivity (Wildman–Crippen MR) is 98.6 cm³/mol. The number of carbonyl (C=O) groups excluding carboxylic acids is 1. The molecular weight excluding hydrogens is 365 g/mol. The normalized spacial score (nSPS) is 11.2. The summed E-state index contributed by atoms with van der Waals surface area (Å²) in [6.45, 7) is 0. The van der Waals surface area contributed by atoms with Crippen molar-refractivity contribution in [3.8, 4) is 0 Å². The summed E-state index contributed by atoms with van der Waals surface area (Å²) in [6, 6.07) is 12.3. The number of anilines is 1. The number of nitrogens with one attached hydrogen (secondary N) is 1. The molecule has 4 aromatic rings. The first-order valence-corrected chi connectivity index (χ1v) is 9.63. The van der Waals surface area contributed by atoms with E-state index in [1.165, 1.54) is 35.2 Å². The van der Waals surface area contributed by atoms with Gasteiger partial charge in [-0.3, -0.25) is 4.79 Å². The first-order chi connectivity index (χ1) is 11.7. The lowest BCUT2D eigenvalue weighted by molar-refractivity contribution is -0.113. The van der Waals surface area contributed by atoms with Crippen LogP contribution in [-0.4, -0.2) is 21.6 Å². The zero-order valence-corrected chi connectivity index (χ0v) is 14.6. The zero-order valence-electron chi connectivity index (χ0n) is 12.2. The van der Waals surface area contributed by atoms with E-state index < -0.39 is 0 Å². The Hall–Kier alpha value is -2.03. The maximum absolute atomic E-state index is 13.2. The number of para-hydroxylation sites is 1. The van der Waals surface area contributed by atoms with Gasteiger partial charge in [0.2, 0.25) is 5.91 Å².